The van der Waals surface area contributed by atoms with Crippen molar-refractivity contribution < 1.29 is 32.6 Å². The molecular formula is C21H27N5O7S. The van der Waals surface area contributed by atoms with E-state index < -0.39 is 34.0 Å². The molecule has 184 valence electrons. The lowest BCUT2D eigenvalue weighted by atomic mass is 10.0. The molecule has 2 atom stereocenters. The SMILES string of the molecule is CCCCS(=O)(=O)N[C@@H](Cc1ccc2c(c1)NC(=O)C(CCC(=O)Nc1ncc[nH]1)O2)C(=O)O. The van der Waals surface area contributed by atoms with Gasteiger partial charge in [-0.1, -0.05) is 19.4 Å². The number of carboxylic acid groups (broad SMARTS) is 1. The number of hydrogen-bond acceptors (Lipinski definition) is 7. The van der Waals surface area contributed by atoms with Crippen LogP contribution in [0, 0.1) is 0 Å². The molecule has 34 heavy (non-hydrogen) atoms. The maximum atomic E-state index is 12.4. The minimum absolute atomic E-state index is 0.0324. The molecule has 13 heteroatoms. The predicted octanol–water partition coefficient (Wildman–Crippen LogP) is 1.24. The van der Waals surface area contributed by atoms with Crippen molar-refractivity contribution in [2.24, 2.45) is 0 Å². The Balaban J connectivity index is 1.60. The summed E-state index contributed by atoms with van der Waals surface area (Å²) in [4.78, 5) is 42.7. The molecule has 2 aromatic rings. The number of aromatic nitrogens is 2. The first-order valence-corrected chi connectivity index (χ1v) is 12.4. The number of rotatable bonds is 12. The Morgan fingerprint density at radius 3 is 2.79 bits per heavy atom. The third kappa shape index (κ3) is 7.02. The molecule has 5 N–H and O–H groups in total. The van der Waals surface area contributed by atoms with Crippen LogP contribution in [-0.4, -0.2) is 59.2 Å². The topological polar surface area (TPSA) is 180 Å². The van der Waals surface area contributed by atoms with Crippen molar-refractivity contribution in [2.75, 3.05) is 16.4 Å². The summed E-state index contributed by atoms with van der Waals surface area (Å²) in [6.07, 6.45) is 3.34. The van der Waals surface area contributed by atoms with Crippen LogP contribution < -0.4 is 20.1 Å². The van der Waals surface area contributed by atoms with Crippen LogP contribution in [0.25, 0.3) is 0 Å². The average molecular weight is 494 g/mol. The van der Waals surface area contributed by atoms with Crippen molar-refractivity contribution in [2.45, 2.75) is 51.2 Å². The Morgan fingerprint density at radius 1 is 1.32 bits per heavy atom. The number of nitrogens with one attached hydrogen (secondary N) is 4. The number of carbonyl (C=O) groups excluding carboxylic acids is 2. The molecule has 0 spiro atoms. The fraction of sp³-hybridized carbons (Fsp3) is 0.429. The summed E-state index contributed by atoms with van der Waals surface area (Å²) < 4.78 is 32.2. The maximum absolute atomic E-state index is 12.4. The Labute approximate surface area is 196 Å². The molecule has 1 aromatic heterocycles. The number of benzene rings is 1. The predicted molar refractivity (Wildman–Crippen MR) is 123 cm³/mol. The largest absolute Gasteiger partial charge is 0.480 e. The minimum atomic E-state index is -3.74. The summed E-state index contributed by atoms with van der Waals surface area (Å²) in [5.41, 5.74) is 0.848. The number of carboxylic acids is 1. The summed E-state index contributed by atoms with van der Waals surface area (Å²) >= 11 is 0. The molecule has 12 nitrogen and oxygen atoms in total. The van der Waals surface area contributed by atoms with Gasteiger partial charge in [0.25, 0.3) is 5.91 Å². The van der Waals surface area contributed by atoms with Crippen LogP contribution in [0.2, 0.25) is 0 Å². The highest BCUT2D eigenvalue weighted by Crippen LogP contribution is 2.32. The monoisotopic (exact) mass is 493 g/mol. The van der Waals surface area contributed by atoms with Crippen molar-refractivity contribution in [3.05, 3.63) is 36.2 Å². The minimum Gasteiger partial charge on any atom is -0.480 e. The Morgan fingerprint density at radius 2 is 2.12 bits per heavy atom. The standard InChI is InChI=1S/C21H27N5O7S/c1-2-3-10-34(31,32)26-15(20(29)30)12-13-4-5-16-14(11-13)24-19(28)17(33-16)6-7-18(27)25-21-22-8-9-23-21/h4-5,8-9,11,15,17,26H,2-3,6-7,10,12H2,1H3,(H,24,28)(H,29,30)(H2,22,23,25,27)/t15-,17?/m0/s1. The second-order valence-electron chi connectivity index (χ2n) is 7.84. The number of sulfonamides is 1. The first-order valence-electron chi connectivity index (χ1n) is 10.8. The second-order valence-corrected chi connectivity index (χ2v) is 9.71. The number of imidazole rings is 1. The van der Waals surface area contributed by atoms with Gasteiger partial charge in [-0.15, -0.1) is 0 Å². The highest BCUT2D eigenvalue weighted by Gasteiger charge is 2.29. The highest BCUT2D eigenvalue weighted by atomic mass is 32.2. The Kier molecular flexibility index (Phi) is 8.23. The summed E-state index contributed by atoms with van der Waals surface area (Å²) in [7, 11) is -3.74. The lowest BCUT2D eigenvalue weighted by Gasteiger charge is -2.26. The van der Waals surface area contributed by atoms with Gasteiger partial charge in [0.1, 0.15) is 11.8 Å². The van der Waals surface area contributed by atoms with E-state index in [1.807, 2.05) is 6.92 Å². The number of aromatic amines is 1. The van der Waals surface area contributed by atoms with Crippen LogP contribution in [0.1, 0.15) is 38.2 Å². The van der Waals surface area contributed by atoms with Gasteiger partial charge in [-0.2, -0.15) is 0 Å². The van der Waals surface area contributed by atoms with E-state index in [0.717, 1.165) is 0 Å². The number of nitrogens with zero attached hydrogens (tertiary/aromatic N) is 1. The smallest absolute Gasteiger partial charge is 0.322 e. The number of aliphatic carboxylic acids is 1. The van der Waals surface area contributed by atoms with E-state index in [0.29, 0.717) is 35.8 Å². The summed E-state index contributed by atoms with van der Waals surface area (Å²) in [5, 5.41) is 14.7. The quantitative estimate of drug-likeness (QED) is 0.293. The summed E-state index contributed by atoms with van der Waals surface area (Å²) in [6.45, 7) is 1.84. The molecule has 1 unspecified atom stereocenters. The molecule has 3 rings (SSSR count). The molecule has 0 fully saturated rings. The number of ether oxygens (including phenoxy) is 1. The molecule has 0 aliphatic carbocycles. The average Bonchev–Trinajstić information content (AvgIpc) is 3.28. The number of amides is 2. The third-order valence-electron chi connectivity index (χ3n) is 5.08. The van der Waals surface area contributed by atoms with Crippen LogP contribution in [0.15, 0.2) is 30.6 Å². The number of carbonyl (C=O) groups is 3. The third-order valence-corrected chi connectivity index (χ3v) is 6.55. The van der Waals surface area contributed by atoms with E-state index >= 15 is 0 Å². The molecule has 1 aliphatic heterocycles. The van der Waals surface area contributed by atoms with E-state index in [9.17, 15) is 27.9 Å². The molecule has 1 aliphatic rings. The molecule has 0 saturated heterocycles. The number of anilines is 2. The van der Waals surface area contributed by atoms with Gasteiger partial charge in [0.05, 0.1) is 11.4 Å². The van der Waals surface area contributed by atoms with Crippen LogP contribution in [0.5, 0.6) is 5.75 Å². The molecule has 0 bridgehead atoms. The van der Waals surface area contributed by atoms with Gasteiger partial charge in [0, 0.05) is 25.2 Å². The van der Waals surface area contributed by atoms with Crippen molar-refractivity contribution in [3.63, 3.8) is 0 Å². The van der Waals surface area contributed by atoms with Crippen molar-refractivity contribution in [1.29, 1.82) is 0 Å². The van der Waals surface area contributed by atoms with E-state index in [-0.39, 0.29) is 30.9 Å². The first-order chi connectivity index (χ1) is 16.2. The van der Waals surface area contributed by atoms with Crippen molar-refractivity contribution >= 4 is 39.4 Å². The Hall–Kier alpha value is -3.45. The number of H-pyrrole nitrogens is 1. The number of unbranched alkanes of at least 4 members (excludes halogenated alkanes) is 1. The van der Waals surface area contributed by atoms with Gasteiger partial charge in [-0.25, -0.2) is 18.1 Å². The highest BCUT2D eigenvalue weighted by molar-refractivity contribution is 7.89. The van der Waals surface area contributed by atoms with E-state index in [4.69, 9.17) is 4.74 Å². The number of fused-ring (bicyclic) bond motifs is 1. The van der Waals surface area contributed by atoms with Gasteiger partial charge in [0.2, 0.25) is 21.9 Å². The zero-order valence-corrected chi connectivity index (χ0v) is 19.4. The van der Waals surface area contributed by atoms with Crippen LogP contribution in [0.3, 0.4) is 0 Å². The van der Waals surface area contributed by atoms with Crippen LogP contribution >= 0.6 is 0 Å². The van der Waals surface area contributed by atoms with Crippen LogP contribution in [-0.2, 0) is 30.8 Å². The maximum Gasteiger partial charge on any atom is 0.322 e. The van der Waals surface area contributed by atoms with E-state index in [2.05, 4.69) is 25.3 Å². The van der Waals surface area contributed by atoms with Gasteiger partial charge < -0.3 is 20.1 Å². The van der Waals surface area contributed by atoms with E-state index in [1.54, 1.807) is 24.4 Å². The van der Waals surface area contributed by atoms with Crippen molar-refractivity contribution in [1.82, 2.24) is 14.7 Å². The lowest BCUT2D eigenvalue weighted by Crippen LogP contribution is -2.43. The lowest BCUT2D eigenvalue weighted by molar-refractivity contribution is -0.139. The molecule has 1 aromatic carbocycles. The fourth-order valence-electron chi connectivity index (χ4n) is 3.33. The van der Waals surface area contributed by atoms with Gasteiger partial charge >= 0.3 is 5.97 Å². The zero-order chi connectivity index (χ0) is 24.7. The van der Waals surface area contributed by atoms with Crippen molar-refractivity contribution in [3.8, 4) is 5.75 Å². The fourth-order valence-corrected chi connectivity index (χ4v) is 4.73. The second kappa shape index (κ2) is 11.1. The molecule has 2 heterocycles. The normalized spacial score (nSPS) is 16.1. The van der Waals surface area contributed by atoms with Gasteiger partial charge in [0.15, 0.2) is 6.10 Å². The summed E-state index contributed by atoms with van der Waals surface area (Å²) in [5.74, 6) is -1.54. The van der Waals surface area contributed by atoms with Crippen LogP contribution in [0.4, 0.5) is 11.6 Å². The molecule has 0 saturated carbocycles. The number of hydrogen-bond donors (Lipinski definition) is 5. The first kappa shape index (κ1) is 25.2. The molecular weight excluding hydrogens is 466 g/mol. The Bertz CT molecular complexity index is 1130. The molecule has 0 radical (unpaired) electrons. The zero-order valence-electron chi connectivity index (χ0n) is 18.5. The van der Waals surface area contributed by atoms with E-state index in [1.165, 1.54) is 6.20 Å². The molecule has 2 amide bonds. The summed E-state index contributed by atoms with van der Waals surface area (Å²) in [6, 6.07) is 3.38. The van der Waals surface area contributed by atoms with Gasteiger partial charge in [-0.05, 0) is 30.5 Å². The van der Waals surface area contributed by atoms with Gasteiger partial charge in [-0.3, -0.25) is 19.7 Å².